The van der Waals surface area contributed by atoms with Crippen molar-refractivity contribution < 1.29 is 14.6 Å². The van der Waals surface area contributed by atoms with Crippen molar-refractivity contribution in [2.75, 3.05) is 20.2 Å². The highest BCUT2D eigenvalue weighted by molar-refractivity contribution is 5.41. The minimum atomic E-state index is -0.319. The Morgan fingerprint density at radius 2 is 2.15 bits per heavy atom. The molecule has 1 aliphatic rings. The van der Waals surface area contributed by atoms with E-state index in [1.165, 1.54) is 12.1 Å². The number of hydrogen-bond donors (Lipinski definition) is 2. The molecule has 0 saturated heterocycles. The van der Waals surface area contributed by atoms with Gasteiger partial charge in [-0.2, -0.15) is 0 Å². The molecule has 1 aliphatic carbocycles. The van der Waals surface area contributed by atoms with Crippen LogP contribution in [0.4, 0.5) is 4.39 Å². The zero-order valence-corrected chi connectivity index (χ0v) is 11.6. The SMILES string of the molecule is CN(Cc1ccc(F)cc1C#CCO)CC1CC(O)C1. The van der Waals surface area contributed by atoms with Gasteiger partial charge in [-0.15, -0.1) is 0 Å². The topological polar surface area (TPSA) is 43.7 Å². The molecule has 0 aromatic heterocycles. The summed E-state index contributed by atoms with van der Waals surface area (Å²) in [6.45, 7) is 1.37. The first-order chi connectivity index (χ1) is 9.58. The lowest BCUT2D eigenvalue weighted by atomic mass is 9.82. The van der Waals surface area contributed by atoms with E-state index in [1.54, 1.807) is 6.07 Å². The molecular formula is C16H20FNO2. The predicted octanol–water partition coefficient (Wildman–Crippen LogP) is 1.37. The average molecular weight is 277 g/mol. The monoisotopic (exact) mass is 277 g/mol. The van der Waals surface area contributed by atoms with Crippen molar-refractivity contribution in [2.45, 2.75) is 25.5 Å². The van der Waals surface area contributed by atoms with E-state index in [0.717, 1.165) is 24.9 Å². The summed E-state index contributed by atoms with van der Waals surface area (Å²) in [6, 6.07) is 4.57. The third-order valence-electron chi connectivity index (χ3n) is 3.59. The Labute approximate surface area is 119 Å². The lowest BCUT2D eigenvalue weighted by molar-refractivity contribution is 0.0273. The summed E-state index contributed by atoms with van der Waals surface area (Å²) >= 11 is 0. The van der Waals surface area contributed by atoms with Gasteiger partial charge in [-0.05, 0) is 43.5 Å². The van der Waals surface area contributed by atoms with Crippen molar-refractivity contribution in [3.63, 3.8) is 0 Å². The van der Waals surface area contributed by atoms with Crippen LogP contribution in [0.5, 0.6) is 0 Å². The molecule has 4 heteroatoms. The van der Waals surface area contributed by atoms with Crippen LogP contribution in [0.15, 0.2) is 18.2 Å². The summed E-state index contributed by atoms with van der Waals surface area (Å²) in [5.41, 5.74) is 1.58. The lowest BCUT2D eigenvalue weighted by Crippen LogP contribution is -2.36. The van der Waals surface area contributed by atoms with Crippen LogP contribution in [0.25, 0.3) is 0 Å². The summed E-state index contributed by atoms with van der Waals surface area (Å²) in [7, 11) is 2.01. The number of hydrogen-bond acceptors (Lipinski definition) is 3. The fraction of sp³-hybridized carbons (Fsp3) is 0.500. The number of benzene rings is 1. The van der Waals surface area contributed by atoms with Gasteiger partial charge in [-0.3, -0.25) is 0 Å². The molecule has 0 unspecified atom stereocenters. The molecule has 0 bridgehead atoms. The first kappa shape index (κ1) is 15.0. The molecule has 2 rings (SSSR count). The van der Waals surface area contributed by atoms with Gasteiger partial charge in [0.1, 0.15) is 12.4 Å². The second-order valence-corrected chi connectivity index (χ2v) is 5.45. The van der Waals surface area contributed by atoms with Crippen LogP contribution in [-0.4, -0.2) is 41.4 Å². The second-order valence-electron chi connectivity index (χ2n) is 5.45. The smallest absolute Gasteiger partial charge is 0.124 e. The molecule has 0 amide bonds. The first-order valence-electron chi connectivity index (χ1n) is 6.83. The lowest BCUT2D eigenvalue weighted by Gasteiger charge is -2.34. The van der Waals surface area contributed by atoms with Gasteiger partial charge in [0.05, 0.1) is 6.10 Å². The van der Waals surface area contributed by atoms with E-state index in [1.807, 2.05) is 7.05 Å². The Balaban J connectivity index is 2.00. The molecule has 1 saturated carbocycles. The van der Waals surface area contributed by atoms with Crippen LogP contribution < -0.4 is 0 Å². The molecule has 3 nitrogen and oxygen atoms in total. The molecule has 2 N–H and O–H groups in total. The quantitative estimate of drug-likeness (QED) is 0.817. The van der Waals surface area contributed by atoms with E-state index in [2.05, 4.69) is 16.7 Å². The highest BCUT2D eigenvalue weighted by atomic mass is 19.1. The van der Waals surface area contributed by atoms with Crippen LogP contribution >= 0.6 is 0 Å². The maximum Gasteiger partial charge on any atom is 0.124 e. The summed E-state index contributed by atoms with van der Waals surface area (Å²) in [5, 5.41) is 18.0. The van der Waals surface area contributed by atoms with E-state index in [4.69, 9.17) is 5.11 Å². The molecule has 0 atom stereocenters. The Kier molecular flexibility index (Phi) is 5.13. The largest absolute Gasteiger partial charge is 0.393 e. The van der Waals surface area contributed by atoms with Crippen LogP contribution in [0.2, 0.25) is 0 Å². The fourth-order valence-corrected chi connectivity index (χ4v) is 2.58. The minimum Gasteiger partial charge on any atom is -0.393 e. The number of rotatable bonds is 4. The second kappa shape index (κ2) is 6.85. The molecule has 1 aromatic rings. The molecule has 0 aliphatic heterocycles. The van der Waals surface area contributed by atoms with Gasteiger partial charge in [0.15, 0.2) is 0 Å². The van der Waals surface area contributed by atoms with Crippen molar-refractivity contribution in [2.24, 2.45) is 5.92 Å². The van der Waals surface area contributed by atoms with E-state index in [0.29, 0.717) is 18.0 Å². The molecule has 108 valence electrons. The number of aliphatic hydroxyl groups excluding tert-OH is 2. The van der Waals surface area contributed by atoms with Crippen molar-refractivity contribution in [3.05, 3.63) is 35.1 Å². The van der Waals surface area contributed by atoms with E-state index >= 15 is 0 Å². The molecule has 0 heterocycles. The van der Waals surface area contributed by atoms with Crippen LogP contribution in [0, 0.1) is 23.6 Å². The summed E-state index contributed by atoms with van der Waals surface area (Å²) in [5.74, 6) is 5.58. The van der Waals surface area contributed by atoms with Crippen molar-refractivity contribution >= 4 is 0 Å². The first-order valence-corrected chi connectivity index (χ1v) is 6.83. The molecule has 1 aromatic carbocycles. The summed E-state index contributed by atoms with van der Waals surface area (Å²) in [6.07, 6.45) is 1.60. The highest BCUT2D eigenvalue weighted by Crippen LogP contribution is 2.28. The normalized spacial score (nSPS) is 21.2. The van der Waals surface area contributed by atoms with Gasteiger partial charge in [0.25, 0.3) is 0 Å². The third kappa shape index (κ3) is 4.04. The van der Waals surface area contributed by atoms with Crippen LogP contribution in [0.3, 0.4) is 0 Å². The zero-order chi connectivity index (χ0) is 14.5. The van der Waals surface area contributed by atoms with Gasteiger partial charge >= 0.3 is 0 Å². The standard InChI is InChI=1S/C16H20FNO2/c1-18(10-12-7-16(20)8-12)11-14-4-5-15(17)9-13(14)3-2-6-19/h4-5,9,12,16,19-20H,6-8,10-11H2,1H3. The van der Waals surface area contributed by atoms with E-state index in [-0.39, 0.29) is 18.5 Å². The highest BCUT2D eigenvalue weighted by Gasteiger charge is 2.27. The average Bonchev–Trinajstić information content (AvgIpc) is 2.37. The summed E-state index contributed by atoms with van der Waals surface area (Å²) < 4.78 is 13.3. The zero-order valence-electron chi connectivity index (χ0n) is 11.6. The van der Waals surface area contributed by atoms with Gasteiger partial charge in [-0.25, -0.2) is 4.39 Å². The Morgan fingerprint density at radius 1 is 1.40 bits per heavy atom. The van der Waals surface area contributed by atoms with Gasteiger partial charge < -0.3 is 15.1 Å². The van der Waals surface area contributed by atoms with E-state index < -0.39 is 0 Å². The van der Waals surface area contributed by atoms with Crippen LogP contribution in [0.1, 0.15) is 24.0 Å². The van der Waals surface area contributed by atoms with Crippen molar-refractivity contribution in [1.29, 1.82) is 0 Å². The van der Waals surface area contributed by atoms with Gasteiger partial charge in [0, 0.05) is 18.7 Å². The molecule has 1 fully saturated rings. The fourth-order valence-electron chi connectivity index (χ4n) is 2.58. The molecule has 0 radical (unpaired) electrons. The van der Waals surface area contributed by atoms with Gasteiger partial charge in [0.2, 0.25) is 0 Å². The molecule has 0 spiro atoms. The Hall–Kier alpha value is -1.41. The maximum atomic E-state index is 13.3. The molecular weight excluding hydrogens is 257 g/mol. The van der Waals surface area contributed by atoms with Gasteiger partial charge in [-0.1, -0.05) is 17.9 Å². The summed E-state index contributed by atoms with van der Waals surface area (Å²) in [4.78, 5) is 2.16. The van der Waals surface area contributed by atoms with E-state index in [9.17, 15) is 9.50 Å². The molecule has 20 heavy (non-hydrogen) atoms. The Bertz CT molecular complexity index is 515. The van der Waals surface area contributed by atoms with Crippen molar-refractivity contribution in [3.8, 4) is 11.8 Å². The van der Waals surface area contributed by atoms with Crippen LogP contribution in [-0.2, 0) is 6.54 Å². The van der Waals surface area contributed by atoms with Crippen molar-refractivity contribution in [1.82, 2.24) is 4.90 Å². The number of aliphatic hydroxyl groups is 2. The number of nitrogens with zero attached hydrogens (tertiary/aromatic N) is 1. The maximum absolute atomic E-state index is 13.3. The third-order valence-corrected chi connectivity index (χ3v) is 3.59. The predicted molar refractivity (Wildman–Crippen MR) is 75.4 cm³/mol. The Morgan fingerprint density at radius 3 is 2.80 bits per heavy atom. The minimum absolute atomic E-state index is 0.134. The number of halogens is 1.